The van der Waals surface area contributed by atoms with Crippen molar-refractivity contribution in [2.45, 2.75) is 19.1 Å². The van der Waals surface area contributed by atoms with E-state index in [9.17, 15) is 13.2 Å². The van der Waals surface area contributed by atoms with Gasteiger partial charge in [0.2, 0.25) is 0 Å². The molecule has 82 valence electrons. The molecule has 1 aromatic rings. The monoisotopic (exact) mass is 218 g/mol. The smallest absolute Gasteiger partial charge is 0.387 e. The van der Waals surface area contributed by atoms with Crippen molar-refractivity contribution >= 4 is 0 Å². The molecule has 2 nitrogen and oxygen atoms in total. The number of rotatable bonds is 4. The van der Waals surface area contributed by atoms with E-state index in [2.05, 4.69) is 4.74 Å². The Balaban J connectivity index is 2.17. The van der Waals surface area contributed by atoms with Gasteiger partial charge in [0.1, 0.15) is 11.6 Å². The van der Waals surface area contributed by atoms with E-state index in [1.807, 2.05) is 0 Å². The van der Waals surface area contributed by atoms with Crippen LogP contribution >= 0.6 is 0 Å². The first kappa shape index (κ1) is 10.3. The highest BCUT2D eigenvalue weighted by molar-refractivity contribution is 5.34. The number of hydrogen-bond donors (Lipinski definition) is 0. The second kappa shape index (κ2) is 4.10. The minimum Gasteiger partial charge on any atom is -0.435 e. The van der Waals surface area contributed by atoms with Gasteiger partial charge in [-0.3, -0.25) is 0 Å². The van der Waals surface area contributed by atoms with Gasteiger partial charge in [0.05, 0.1) is 12.7 Å². The fourth-order valence-corrected chi connectivity index (χ4v) is 1.35. The lowest BCUT2D eigenvalue weighted by Crippen LogP contribution is -2.06. The van der Waals surface area contributed by atoms with E-state index in [0.29, 0.717) is 18.6 Å². The van der Waals surface area contributed by atoms with Gasteiger partial charge < -0.3 is 9.47 Å². The van der Waals surface area contributed by atoms with Crippen molar-refractivity contribution in [3.8, 4) is 5.75 Å². The summed E-state index contributed by atoms with van der Waals surface area (Å²) >= 11 is 0. The van der Waals surface area contributed by atoms with E-state index in [0.717, 1.165) is 6.07 Å². The van der Waals surface area contributed by atoms with Gasteiger partial charge in [-0.05, 0) is 23.8 Å². The number of alkyl halides is 2. The maximum Gasteiger partial charge on any atom is 0.387 e. The second-order valence-electron chi connectivity index (χ2n) is 3.29. The fraction of sp³-hybridized carbons (Fsp3) is 0.400. The Morgan fingerprint density at radius 1 is 1.47 bits per heavy atom. The first-order chi connectivity index (χ1) is 7.15. The summed E-state index contributed by atoms with van der Waals surface area (Å²) < 4.78 is 46.1. The van der Waals surface area contributed by atoms with Gasteiger partial charge in [0, 0.05) is 6.42 Å². The molecular formula is C10H9F3O2. The largest absolute Gasteiger partial charge is 0.435 e. The minimum atomic E-state index is -2.89. The molecular weight excluding hydrogens is 209 g/mol. The molecule has 1 unspecified atom stereocenters. The summed E-state index contributed by atoms with van der Waals surface area (Å²) in [6, 6.07) is 3.49. The maximum absolute atomic E-state index is 12.9. The molecule has 0 N–H and O–H groups in total. The number of epoxide rings is 1. The topological polar surface area (TPSA) is 21.8 Å². The summed E-state index contributed by atoms with van der Waals surface area (Å²) in [4.78, 5) is 0. The first-order valence-electron chi connectivity index (χ1n) is 4.50. The summed E-state index contributed by atoms with van der Waals surface area (Å²) in [6.45, 7) is -2.31. The molecule has 0 aromatic heterocycles. The Bertz CT molecular complexity index is 351. The van der Waals surface area contributed by atoms with Crippen LogP contribution in [0.2, 0.25) is 0 Å². The predicted molar refractivity (Wildman–Crippen MR) is 46.5 cm³/mol. The molecule has 0 aliphatic carbocycles. The molecule has 1 aliphatic rings. The van der Waals surface area contributed by atoms with Crippen molar-refractivity contribution in [2.24, 2.45) is 0 Å². The lowest BCUT2D eigenvalue weighted by atomic mass is 10.1. The normalized spacial score (nSPS) is 19.3. The summed E-state index contributed by atoms with van der Waals surface area (Å²) in [5.74, 6) is -0.450. The zero-order valence-electron chi connectivity index (χ0n) is 7.75. The molecule has 15 heavy (non-hydrogen) atoms. The third-order valence-corrected chi connectivity index (χ3v) is 2.09. The Morgan fingerprint density at radius 2 is 2.20 bits per heavy atom. The quantitative estimate of drug-likeness (QED) is 0.723. The maximum atomic E-state index is 12.9. The van der Waals surface area contributed by atoms with Gasteiger partial charge >= 0.3 is 6.61 Å². The van der Waals surface area contributed by atoms with Gasteiger partial charge in [-0.15, -0.1) is 0 Å². The Kier molecular flexibility index (Phi) is 2.81. The van der Waals surface area contributed by atoms with Crippen LogP contribution in [0, 0.1) is 5.82 Å². The molecule has 2 rings (SSSR count). The summed E-state index contributed by atoms with van der Waals surface area (Å²) in [6.07, 6.45) is 0.409. The minimum absolute atomic E-state index is 0.00632. The molecule has 1 atom stereocenters. The van der Waals surface area contributed by atoms with Crippen LogP contribution < -0.4 is 4.74 Å². The molecule has 1 saturated heterocycles. The van der Waals surface area contributed by atoms with Crippen molar-refractivity contribution in [1.82, 2.24) is 0 Å². The van der Waals surface area contributed by atoms with E-state index in [-0.39, 0.29) is 11.9 Å². The van der Waals surface area contributed by atoms with Crippen LogP contribution in [-0.4, -0.2) is 19.3 Å². The van der Waals surface area contributed by atoms with Crippen LogP contribution in [0.15, 0.2) is 18.2 Å². The van der Waals surface area contributed by atoms with E-state index in [1.54, 1.807) is 0 Å². The molecule has 0 amide bonds. The molecule has 1 aromatic carbocycles. The standard InChI is InChI=1S/C10H9F3O2/c11-7-1-2-9(15-10(12)13)6(3-7)4-8-5-14-8/h1-3,8,10H,4-5H2. The molecule has 0 radical (unpaired) electrons. The van der Waals surface area contributed by atoms with E-state index in [4.69, 9.17) is 4.74 Å². The summed E-state index contributed by atoms with van der Waals surface area (Å²) in [5.41, 5.74) is 0.415. The molecule has 1 aliphatic heterocycles. The number of ether oxygens (including phenoxy) is 2. The molecule has 0 bridgehead atoms. The summed E-state index contributed by atoms with van der Waals surface area (Å²) in [7, 11) is 0. The highest BCUT2D eigenvalue weighted by Gasteiger charge is 2.25. The van der Waals surface area contributed by atoms with Crippen LogP contribution in [0.25, 0.3) is 0 Å². The first-order valence-corrected chi connectivity index (χ1v) is 4.50. The highest BCUT2D eigenvalue weighted by Crippen LogP contribution is 2.26. The van der Waals surface area contributed by atoms with Crippen LogP contribution in [-0.2, 0) is 11.2 Å². The third-order valence-electron chi connectivity index (χ3n) is 2.09. The number of hydrogen-bond acceptors (Lipinski definition) is 2. The van der Waals surface area contributed by atoms with Gasteiger partial charge in [-0.2, -0.15) is 8.78 Å². The molecule has 1 heterocycles. The molecule has 0 spiro atoms. The van der Waals surface area contributed by atoms with Crippen molar-refractivity contribution in [3.63, 3.8) is 0 Å². The zero-order valence-corrected chi connectivity index (χ0v) is 7.75. The lowest BCUT2D eigenvalue weighted by Gasteiger charge is -2.09. The van der Waals surface area contributed by atoms with Crippen LogP contribution in [0.3, 0.4) is 0 Å². The Morgan fingerprint density at radius 3 is 2.80 bits per heavy atom. The lowest BCUT2D eigenvalue weighted by molar-refractivity contribution is -0.0505. The zero-order chi connectivity index (χ0) is 10.8. The summed E-state index contributed by atoms with van der Waals surface area (Å²) in [5, 5.41) is 0. The van der Waals surface area contributed by atoms with Gasteiger partial charge in [-0.1, -0.05) is 0 Å². The highest BCUT2D eigenvalue weighted by atomic mass is 19.3. The fourth-order valence-electron chi connectivity index (χ4n) is 1.35. The molecule has 5 heteroatoms. The SMILES string of the molecule is Fc1ccc(OC(F)F)c(CC2CO2)c1. The van der Waals surface area contributed by atoms with Crippen LogP contribution in [0.5, 0.6) is 5.75 Å². The van der Waals surface area contributed by atoms with Gasteiger partial charge in [0.25, 0.3) is 0 Å². The molecule has 1 fully saturated rings. The van der Waals surface area contributed by atoms with E-state index < -0.39 is 12.4 Å². The second-order valence-corrected chi connectivity index (χ2v) is 3.29. The van der Waals surface area contributed by atoms with Crippen molar-refractivity contribution < 1.29 is 22.6 Å². The van der Waals surface area contributed by atoms with E-state index >= 15 is 0 Å². The van der Waals surface area contributed by atoms with Crippen LogP contribution in [0.1, 0.15) is 5.56 Å². The third kappa shape index (κ3) is 2.86. The van der Waals surface area contributed by atoms with Crippen molar-refractivity contribution in [1.29, 1.82) is 0 Å². The van der Waals surface area contributed by atoms with Gasteiger partial charge in [-0.25, -0.2) is 4.39 Å². The Labute approximate surface area is 84.6 Å². The average Bonchev–Trinajstić information content (AvgIpc) is 2.93. The number of benzene rings is 1. The molecule has 0 saturated carbocycles. The van der Waals surface area contributed by atoms with Crippen molar-refractivity contribution in [2.75, 3.05) is 6.61 Å². The number of halogens is 3. The predicted octanol–water partition coefficient (Wildman–Crippen LogP) is 2.37. The Hall–Kier alpha value is -1.23. The van der Waals surface area contributed by atoms with E-state index in [1.165, 1.54) is 12.1 Å². The van der Waals surface area contributed by atoms with Crippen LogP contribution in [0.4, 0.5) is 13.2 Å². The van der Waals surface area contributed by atoms with Crippen molar-refractivity contribution in [3.05, 3.63) is 29.6 Å². The van der Waals surface area contributed by atoms with Gasteiger partial charge in [0.15, 0.2) is 0 Å². The average molecular weight is 218 g/mol.